The van der Waals surface area contributed by atoms with Crippen LogP contribution in [0.5, 0.6) is 0 Å². The molecule has 2 atom stereocenters. The predicted molar refractivity (Wildman–Crippen MR) is 88.0 cm³/mol. The van der Waals surface area contributed by atoms with Gasteiger partial charge in [0.05, 0.1) is 11.1 Å². The minimum absolute atomic E-state index is 0.0114. The van der Waals surface area contributed by atoms with Crippen LogP contribution in [0, 0.1) is 6.92 Å². The monoisotopic (exact) mass is 353 g/mol. The number of hydrogen-bond donors (Lipinski definition) is 0. The average molecular weight is 353 g/mol. The maximum atomic E-state index is 12.8. The average Bonchev–Trinajstić information content (AvgIpc) is 2.55. The standard InChI is InChI=1S/C18H18F3NOS/c1-12-5-7-13(8-6-12)15-11-14(9-10-23-15)24-17-4-2-3-16(22-17)18(19,20)21/h2-8,14-15H,9-11H2,1H3. The van der Waals surface area contributed by atoms with Crippen LogP contribution in [0.4, 0.5) is 13.2 Å². The smallest absolute Gasteiger partial charge is 0.373 e. The third-order valence-electron chi connectivity index (χ3n) is 3.99. The fraction of sp³-hybridized carbons (Fsp3) is 0.389. The molecule has 1 aromatic heterocycles. The molecule has 0 saturated carbocycles. The second kappa shape index (κ2) is 7.15. The summed E-state index contributed by atoms with van der Waals surface area (Å²) in [5.41, 5.74) is 1.46. The molecule has 24 heavy (non-hydrogen) atoms. The molecule has 0 bridgehead atoms. The molecule has 0 aliphatic carbocycles. The first kappa shape index (κ1) is 17.3. The van der Waals surface area contributed by atoms with E-state index in [9.17, 15) is 13.2 Å². The van der Waals surface area contributed by atoms with Crippen molar-refractivity contribution in [3.63, 3.8) is 0 Å². The molecule has 3 rings (SSSR count). The topological polar surface area (TPSA) is 22.1 Å². The van der Waals surface area contributed by atoms with Crippen molar-refractivity contribution < 1.29 is 17.9 Å². The predicted octanol–water partition coefficient (Wildman–Crippen LogP) is 5.42. The van der Waals surface area contributed by atoms with Crippen LogP contribution in [0.25, 0.3) is 0 Å². The summed E-state index contributed by atoms with van der Waals surface area (Å²) in [6, 6.07) is 12.2. The van der Waals surface area contributed by atoms with Gasteiger partial charge in [-0.15, -0.1) is 11.8 Å². The fourth-order valence-corrected chi connectivity index (χ4v) is 3.83. The molecular formula is C18H18F3NOS. The zero-order valence-electron chi connectivity index (χ0n) is 13.2. The summed E-state index contributed by atoms with van der Waals surface area (Å²) in [4.78, 5) is 3.74. The molecule has 1 aliphatic heterocycles. The number of alkyl halides is 3. The Balaban J connectivity index is 1.68. The summed E-state index contributed by atoms with van der Waals surface area (Å²) < 4.78 is 44.1. The number of pyridine rings is 1. The first-order valence-electron chi connectivity index (χ1n) is 7.81. The Morgan fingerprint density at radius 2 is 1.88 bits per heavy atom. The molecule has 0 amide bonds. The zero-order valence-corrected chi connectivity index (χ0v) is 14.0. The molecule has 1 fully saturated rings. The number of ether oxygens (including phenoxy) is 1. The number of halogens is 3. The van der Waals surface area contributed by atoms with Crippen LogP contribution < -0.4 is 0 Å². The van der Waals surface area contributed by atoms with Crippen LogP contribution in [0.1, 0.15) is 35.8 Å². The summed E-state index contributed by atoms with van der Waals surface area (Å²) in [7, 11) is 0. The van der Waals surface area contributed by atoms with Crippen molar-refractivity contribution >= 4 is 11.8 Å². The van der Waals surface area contributed by atoms with E-state index < -0.39 is 11.9 Å². The SMILES string of the molecule is Cc1ccc(C2CC(Sc3cccc(C(F)(F)F)n3)CCO2)cc1. The summed E-state index contributed by atoms with van der Waals surface area (Å²) in [6.45, 7) is 2.64. The Morgan fingerprint density at radius 1 is 1.12 bits per heavy atom. The van der Waals surface area contributed by atoms with E-state index in [2.05, 4.69) is 17.1 Å². The molecule has 6 heteroatoms. The number of thioether (sulfide) groups is 1. The van der Waals surface area contributed by atoms with Gasteiger partial charge in [0.2, 0.25) is 0 Å². The Morgan fingerprint density at radius 3 is 2.58 bits per heavy atom. The minimum Gasteiger partial charge on any atom is -0.373 e. The first-order valence-corrected chi connectivity index (χ1v) is 8.69. The number of aromatic nitrogens is 1. The van der Waals surface area contributed by atoms with Crippen molar-refractivity contribution in [2.75, 3.05) is 6.61 Å². The maximum absolute atomic E-state index is 12.8. The first-order chi connectivity index (χ1) is 11.4. The molecule has 1 aromatic carbocycles. The third kappa shape index (κ3) is 4.30. The Kier molecular flexibility index (Phi) is 5.15. The number of nitrogens with zero attached hydrogens (tertiary/aromatic N) is 1. The lowest BCUT2D eigenvalue weighted by molar-refractivity contribution is -0.141. The molecule has 128 valence electrons. The van der Waals surface area contributed by atoms with E-state index in [1.165, 1.54) is 23.4 Å². The molecule has 2 unspecified atom stereocenters. The van der Waals surface area contributed by atoms with Crippen LogP contribution in [0.3, 0.4) is 0 Å². The Bertz CT molecular complexity index is 687. The summed E-state index contributed by atoms with van der Waals surface area (Å²) in [5.74, 6) is 0. The van der Waals surface area contributed by atoms with Gasteiger partial charge < -0.3 is 4.74 Å². The largest absolute Gasteiger partial charge is 0.433 e. The molecular weight excluding hydrogens is 335 g/mol. The molecule has 0 spiro atoms. The minimum atomic E-state index is -4.41. The maximum Gasteiger partial charge on any atom is 0.433 e. The summed E-state index contributed by atoms with van der Waals surface area (Å²) in [6.07, 6.45) is -2.84. The van der Waals surface area contributed by atoms with E-state index in [4.69, 9.17) is 4.74 Å². The lowest BCUT2D eigenvalue weighted by Crippen LogP contribution is -2.21. The van der Waals surface area contributed by atoms with Crippen molar-refractivity contribution in [1.82, 2.24) is 4.98 Å². The highest BCUT2D eigenvalue weighted by molar-refractivity contribution is 7.99. The van der Waals surface area contributed by atoms with Crippen LogP contribution >= 0.6 is 11.8 Å². The van der Waals surface area contributed by atoms with Gasteiger partial charge in [0.25, 0.3) is 0 Å². The zero-order chi connectivity index (χ0) is 17.2. The van der Waals surface area contributed by atoms with E-state index in [-0.39, 0.29) is 11.4 Å². The summed E-state index contributed by atoms with van der Waals surface area (Å²) in [5, 5.41) is 0.611. The number of benzene rings is 1. The normalized spacial score (nSPS) is 21.7. The Hall–Kier alpha value is -1.53. The van der Waals surface area contributed by atoms with Gasteiger partial charge in [0.1, 0.15) is 5.69 Å². The molecule has 2 aromatic rings. The van der Waals surface area contributed by atoms with Crippen molar-refractivity contribution in [1.29, 1.82) is 0 Å². The van der Waals surface area contributed by atoms with Crippen molar-refractivity contribution in [3.05, 3.63) is 59.3 Å². The highest BCUT2D eigenvalue weighted by Gasteiger charge is 2.33. The van der Waals surface area contributed by atoms with Gasteiger partial charge in [-0.2, -0.15) is 13.2 Å². The van der Waals surface area contributed by atoms with Crippen LogP contribution in [-0.4, -0.2) is 16.8 Å². The molecule has 2 nitrogen and oxygen atoms in total. The van der Waals surface area contributed by atoms with E-state index in [1.54, 1.807) is 6.07 Å². The number of aryl methyl sites for hydroxylation is 1. The lowest BCUT2D eigenvalue weighted by Gasteiger charge is -2.29. The van der Waals surface area contributed by atoms with Gasteiger partial charge in [-0.25, -0.2) is 4.98 Å². The van der Waals surface area contributed by atoms with Gasteiger partial charge in [-0.3, -0.25) is 0 Å². The third-order valence-corrected chi connectivity index (χ3v) is 5.22. The molecule has 0 N–H and O–H groups in total. The molecule has 2 heterocycles. The van der Waals surface area contributed by atoms with Crippen LogP contribution in [0.2, 0.25) is 0 Å². The van der Waals surface area contributed by atoms with Gasteiger partial charge in [0, 0.05) is 11.9 Å². The van der Waals surface area contributed by atoms with E-state index in [0.29, 0.717) is 11.6 Å². The molecule has 1 saturated heterocycles. The number of hydrogen-bond acceptors (Lipinski definition) is 3. The van der Waals surface area contributed by atoms with Crippen molar-refractivity contribution in [2.45, 2.75) is 42.3 Å². The molecule has 0 radical (unpaired) electrons. The lowest BCUT2D eigenvalue weighted by atomic mass is 10.0. The van der Waals surface area contributed by atoms with Gasteiger partial charge in [-0.1, -0.05) is 35.9 Å². The highest BCUT2D eigenvalue weighted by atomic mass is 32.2. The van der Waals surface area contributed by atoms with Gasteiger partial charge >= 0.3 is 6.18 Å². The van der Waals surface area contributed by atoms with Gasteiger partial charge in [0.15, 0.2) is 0 Å². The van der Waals surface area contributed by atoms with Crippen LogP contribution in [-0.2, 0) is 10.9 Å². The second-order valence-corrected chi connectivity index (χ2v) is 7.21. The van der Waals surface area contributed by atoms with E-state index >= 15 is 0 Å². The van der Waals surface area contributed by atoms with Gasteiger partial charge in [-0.05, 0) is 37.5 Å². The Labute approximate surface area is 143 Å². The molecule has 1 aliphatic rings. The van der Waals surface area contributed by atoms with Crippen molar-refractivity contribution in [3.8, 4) is 0 Å². The fourth-order valence-electron chi connectivity index (χ4n) is 2.70. The van der Waals surface area contributed by atoms with E-state index in [1.807, 2.05) is 19.1 Å². The van der Waals surface area contributed by atoms with Crippen LogP contribution in [0.15, 0.2) is 47.5 Å². The van der Waals surface area contributed by atoms with Crippen molar-refractivity contribution in [2.24, 2.45) is 0 Å². The second-order valence-electron chi connectivity index (χ2n) is 5.89. The number of rotatable bonds is 3. The quantitative estimate of drug-likeness (QED) is 0.735. The van der Waals surface area contributed by atoms with E-state index in [0.717, 1.165) is 24.5 Å². The summed E-state index contributed by atoms with van der Waals surface area (Å²) >= 11 is 1.41. The highest BCUT2D eigenvalue weighted by Crippen LogP contribution is 2.37.